The Bertz CT molecular complexity index is 572. The molecule has 1 aromatic heterocycles. The zero-order valence-corrected chi connectivity index (χ0v) is 11.1. The van der Waals surface area contributed by atoms with Gasteiger partial charge in [-0.1, -0.05) is 30.4 Å². The summed E-state index contributed by atoms with van der Waals surface area (Å²) in [7, 11) is 0. The summed E-state index contributed by atoms with van der Waals surface area (Å²) in [5, 5.41) is 14.0. The van der Waals surface area contributed by atoms with Crippen molar-refractivity contribution in [1.82, 2.24) is 10.2 Å². The van der Waals surface area contributed by atoms with Gasteiger partial charge in [0, 0.05) is 6.42 Å². The van der Waals surface area contributed by atoms with Gasteiger partial charge in [-0.05, 0) is 18.6 Å². The Morgan fingerprint density at radius 2 is 2.11 bits per heavy atom. The molecule has 0 spiro atoms. The van der Waals surface area contributed by atoms with Gasteiger partial charge in [0.2, 0.25) is 5.13 Å². The molecule has 0 saturated heterocycles. The third kappa shape index (κ3) is 3.72. The van der Waals surface area contributed by atoms with Gasteiger partial charge in [0.25, 0.3) is 0 Å². The molecule has 0 unspecified atom stereocenters. The van der Waals surface area contributed by atoms with Crippen LogP contribution in [0.25, 0.3) is 0 Å². The first-order chi connectivity index (χ1) is 9.19. The highest BCUT2D eigenvalue weighted by molar-refractivity contribution is 7.15. The van der Waals surface area contributed by atoms with Crippen molar-refractivity contribution in [3.8, 4) is 0 Å². The molecule has 0 atom stereocenters. The Balaban J connectivity index is 1.95. The lowest BCUT2D eigenvalue weighted by Crippen LogP contribution is -2.19. The lowest BCUT2D eigenvalue weighted by molar-refractivity contribution is 0.262. The number of benzene rings is 1. The number of aromatic nitrogens is 2. The van der Waals surface area contributed by atoms with Crippen LogP contribution < -0.4 is 10.6 Å². The third-order valence-electron chi connectivity index (χ3n) is 2.27. The molecule has 2 rings (SSSR count). The van der Waals surface area contributed by atoms with Crippen LogP contribution in [0.4, 0.5) is 20.0 Å². The van der Waals surface area contributed by atoms with Crippen LogP contribution in [0.1, 0.15) is 18.4 Å². The molecule has 5 nitrogen and oxygen atoms in total. The predicted octanol–water partition coefficient (Wildman–Crippen LogP) is 3.27. The molecule has 1 heterocycles. The Hall–Kier alpha value is -2.02. The topological polar surface area (TPSA) is 66.9 Å². The van der Waals surface area contributed by atoms with E-state index in [-0.39, 0.29) is 5.69 Å². The number of nitrogens with one attached hydrogen (secondary N) is 2. The van der Waals surface area contributed by atoms with Crippen LogP contribution in [0.3, 0.4) is 0 Å². The van der Waals surface area contributed by atoms with E-state index in [9.17, 15) is 9.18 Å². The fourth-order valence-corrected chi connectivity index (χ4v) is 2.27. The summed E-state index contributed by atoms with van der Waals surface area (Å²) in [6.07, 6.45) is 1.80. The zero-order valence-electron chi connectivity index (χ0n) is 10.3. The number of carbonyl (C=O) groups is 1. The highest BCUT2D eigenvalue weighted by Gasteiger charge is 2.09. The summed E-state index contributed by atoms with van der Waals surface area (Å²) < 4.78 is 13.3. The van der Waals surface area contributed by atoms with Crippen LogP contribution in [0.15, 0.2) is 24.3 Å². The van der Waals surface area contributed by atoms with E-state index in [1.54, 1.807) is 12.1 Å². The normalized spacial score (nSPS) is 10.2. The van der Waals surface area contributed by atoms with Gasteiger partial charge >= 0.3 is 6.03 Å². The molecule has 2 aromatic rings. The summed E-state index contributed by atoms with van der Waals surface area (Å²) in [6.45, 7) is 2.04. The first-order valence-electron chi connectivity index (χ1n) is 5.84. The standard InChI is InChI=1S/C12H13FN4OS/c1-2-5-10-16-17-12(19-10)15-11(18)14-9-7-4-3-6-8(9)13/h3-4,6-7H,2,5H2,1H3,(H2,14,15,17,18). The zero-order chi connectivity index (χ0) is 13.7. The molecule has 1 aromatic carbocycles. The quantitative estimate of drug-likeness (QED) is 0.903. The fourth-order valence-electron chi connectivity index (χ4n) is 1.43. The molecular weight excluding hydrogens is 267 g/mol. The average Bonchev–Trinajstić information content (AvgIpc) is 2.80. The number of nitrogens with zero attached hydrogens (tertiary/aromatic N) is 2. The van der Waals surface area contributed by atoms with Crippen LogP contribution in [0.5, 0.6) is 0 Å². The van der Waals surface area contributed by atoms with Gasteiger partial charge in [0.05, 0.1) is 5.69 Å². The number of hydrogen-bond donors (Lipinski definition) is 2. The van der Waals surface area contributed by atoms with E-state index < -0.39 is 11.8 Å². The van der Waals surface area contributed by atoms with E-state index in [0.717, 1.165) is 17.8 Å². The van der Waals surface area contributed by atoms with Crippen molar-refractivity contribution in [3.05, 3.63) is 35.1 Å². The lowest BCUT2D eigenvalue weighted by atomic mass is 10.3. The van der Waals surface area contributed by atoms with Gasteiger partial charge in [0.1, 0.15) is 10.8 Å². The van der Waals surface area contributed by atoms with Gasteiger partial charge in [-0.25, -0.2) is 9.18 Å². The fraction of sp³-hybridized carbons (Fsp3) is 0.250. The van der Waals surface area contributed by atoms with E-state index in [2.05, 4.69) is 20.8 Å². The smallest absolute Gasteiger partial charge is 0.305 e. The summed E-state index contributed by atoms with van der Waals surface area (Å²) in [5.41, 5.74) is 0.123. The van der Waals surface area contributed by atoms with Crippen molar-refractivity contribution >= 4 is 28.2 Å². The third-order valence-corrected chi connectivity index (χ3v) is 3.17. The molecule has 2 N–H and O–H groups in total. The van der Waals surface area contributed by atoms with E-state index in [1.807, 2.05) is 6.92 Å². The number of anilines is 2. The van der Waals surface area contributed by atoms with Crippen molar-refractivity contribution in [3.63, 3.8) is 0 Å². The molecule has 0 bridgehead atoms. The number of carbonyl (C=O) groups excluding carboxylic acids is 1. The maximum atomic E-state index is 13.3. The molecule has 19 heavy (non-hydrogen) atoms. The van der Waals surface area contributed by atoms with Gasteiger partial charge in [-0.15, -0.1) is 10.2 Å². The minimum atomic E-state index is -0.538. The van der Waals surface area contributed by atoms with Gasteiger partial charge in [-0.3, -0.25) is 5.32 Å². The van der Waals surface area contributed by atoms with E-state index in [1.165, 1.54) is 23.5 Å². The number of halogens is 1. The van der Waals surface area contributed by atoms with Crippen molar-refractivity contribution in [2.75, 3.05) is 10.6 Å². The Labute approximate surface area is 113 Å². The highest BCUT2D eigenvalue weighted by atomic mass is 32.1. The summed E-state index contributed by atoms with van der Waals surface area (Å²) in [6, 6.07) is 5.42. The Kier molecular flexibility index (Phi) is 4.40. The van der Waals surface area contributed by atoms with Gasteiger partial charge < -0.3 is 5.32 Å². The number of amides is 2. The monoisotopic (exact) mass is 280 g/mol. The molecule has 0 aliphatic rings. The minimum Gasteiger partial charge on any atom is -0.305 e. The molecule has 2 amide bonds. The van der Waals surface area contributed by atoms with Crippen LogP contribution >= 0.6 is 11.3 Å². The summed E-state index contributed by atoms with van der Waals surface area (Å²) in [4.78, 5) is 11.7. The number of para-hydroxylation sites is 1. The van der Waals surface area contributed by atoms with Gasteiger partial charge in [-0.2, -0.15) is 0 Å². The van der Waals surface area contributed by atoms with E-state index in [4.69, 9.17) is 0 Å². The summed E-state index contributed by atoms with van der Waals surface area (Å²) >= 11 is 1.31. The maximum Gasteiger partial charge on any atom is 0.325 e. The molecule has 0 aliphatic carbocycles. The highest BCUT2D eigenvalue weighted by Crippen LogP contribution is 2.17. The number of aryl methyl sites for hydroxylation is 1. The predicted molar refractivity (Wildman–Crippen MR) is 72.9 cm³/mol. The first kappa shape index (κ1) is 13.4. The minimum absolute atomic E-state index is 0.123. The SMILES string of the molecule is CCCc1nnc(NC(=O)Nc2ccccc2F)s1. The first-order valence-corrected chi connectivity index (χ1v) is 6.65. The number of urea groups is 1. The second kappa shape index (κ2) is 6.24. The number of rotatable bonds is 4. The molecule has 0 fully saturated rings. The molecular formula is C12H13FN4OS. The second-order valence-corrected chi connectivity index (χ2v) is 4.87. The molecule has 100 valence electrons. The molecule has 0 radical (unpaired) electrons. The van der Waals surface area contributed by atoms with Crippen molar-refractivity contribution in [2.45, 2.75) is 19.8 Å². The van der Waals surface area contributed by atoms with Crippen molar-refractivity contribution in [2.24, 2.45) is 0 Å². The van der Waals surface area contributed by atoms with Crippen molar-refractivity contribution < 1.29 is 9.18 Å². The Morgan fingerprint density at radius 1 is 1.32 bits per heavy atom. The second-order valence-electron chi connectivity index (χ2n) is 3.81. The summed E-state index contributed by atoms with van der Waals surface area (Å²) in [5.74, 6) is -0.485. The Morgan fingerprint density at radius 3 is 2.84 bits per heavy atom. The molecule has 7 heteroatoms. The molecule has 0 aliphatic heterocycles. The number of hydrogen-bond acceptors (Lipinski definition) is 4. The maximum absolute atomic E-state index is 13.3. The van der Waals surface area contributed by atoms with E-state index >= 15 is 0 Å². The van der Waals surface area contributed by atoms with Crippen LogP contribution in [0, 0.1) is 5.82 Å². The molecule has 0 saturated carbocycles. The average molecular weight is 280 g/mol. The van der Waals surface area contributed by atoms with Crippen molar-refractivity contribution in [1.29, 1.82) is 0 Å². The lowest BCUT2D eigenvalue weighted by Gasteiger charge is -2.05. The van der Waals surface area contributed by atoms with E-state index in [0.29, 0.717) is 5.13 Å². The largest absolute Gasteiger partial charge is 0.325 e. The van der Waals surface area contributed by atoms with Crippen LogP contribution in [0.2, 0.25) is 0 Å². The van der Waals surface area contributed by atoms with Crippen LogP contribution in [-0.4, -0.2) is 16.2 Å². The van der Waals surface area contributed by atoms with Crippen LogP contribution in [-0.2, 0) is 6.42 Å². The van der Waals surface area contributed by atoms with Gasteiger partial charge in [0.15, 0.2) is 0 Å².